The summed E-state index contributed by atoms with van der Waals surface area (Å²) in [7, 11) is 6.76. The predicted octanol–water partition coefficient (Wildman–Crippen LogP) is 3.10. The Morgan fingerprint density at radius 2 is 0.636 bits per heavy atom. The molecule has 4 nitrogen and oxygen atoms in total. The van der Waals surface area contributed by atoms with Crippen molar-refractivity contribution in [3.05, 3.63) is 97.1 Å². The molecule has 0 N–H and O–H groups in total. The van der Waals surface area contributed by atoms with E-state index in [0.29, 0.717) is 0 Å². The third-order valence-corrected chi connectivity index (χ3v) is 6.38. The third-order valence-electron chi connectivity index (χ3n) is 6.38. The predicted molar refractivity (Wildman–Crippen MR) is 136 cm³/mol. The number of methoxy groups -OCH3 is 4. The van der Waals surface area contributed by atoms with Crippen molar-refractivity contribution in [1.29, 1.82) is 0 Å². The first-order valence-corrected chi connectivity index (χ1v) is 10.9. The molecule has 0 aliphatic rings. The average molecular weight is 439 g/mol. The zero-order valence-corrected chi connectivity index (χ0v) is 19.4. The van der Waals surface area contributed by atoms with Gasteiger partial charge in [0.1, 0.15) is 29.1 Å². The van der Waals surface area contributed by atoms with Gasteiger partial charge in [-0.3, -0.25) is 0 Å². The maximum Gasteiger partial charge on any atom is 0.115 e. The topological polar surface area (TPSA) is 36.9 Å². The Morgan fingerprint density at radius 1 is 0.394 bits per heavy atom. The lowest BCUT2D eigenvalue weighted by Gasteiger charge is -2.44. The number of rotatable bonds is 8. The molecule has 0 saturated heterocycles. The van der Waals surface area contributed by atoms with E-state index in [-0.39, 0.29) is 0 Å². The van der Waals surface area contributed by atoms with Crippen molar-refractivity contribution in [1.82, 2.24) is 0 Å². The summed E-state index contributed by atoms with van der Waals surface area (Å²) in [6, 6.07) is 33.0. The normalized spacial score (nSPS) is 11.0. The van der Waals surface area contributed by atoms with Crippen LogP contribution >= 0.6 is 0 Å². The van der Waals surface area contributed by atoms with Gasteiger partial charge in [0.05, 0.1) is 28.4 Å². The highest BCUT2D eigenvalue weighted by Gasteiger charge is 2.33. The molecular weight excluding hydrogens is 411 g/mol. The molecule has 0 unspecified atom stereocenters. The standard InChI is InChI=1S/C28H28BO4/c1-30-25-13-5-9-21(17-25)29(22-10-6-14-26(18-22)31-2,23-11-7-15-27(19-23)32-3)24-12-8-16-28(20-24)33-4/h5-20H,1-4H3/q-1. The van der Waals surface area contributed by atoms with Crippen molar-refractivity contribution in [2.24, 2.45) is 0 Å². The van der Waals surface area contributed by atoms with E-state index in [1.54, 1.807) is 28.4 Å². The van der Waals surface area contributed by atoms with Gasteiger partial charge in [-0.05, 0) is 24.3 Å². The summed E-state index contributed by atoms with van der Waals surface area (Å²) in [5.74, 6) is 3.19. The zero-order valence-electron chi connectivity index (χ0n) is 19.4. The van der Waals surface area contributed by atoms with Crippen molar-refractivity contribution in [3.63, 3.8) is 0 Å². The van der Waals surface area contributed by atoms with Gasteiger partial charge in [-0.1, -0.05) is 72.8 Å². The highest BCUT2D eigenvalue weighted by atomic mass is 16.5. The molecule has 0 fully saturated rings. The summed E-state index contributed by atoms with van der Waals surface area (Å²) in [5, 5.41) is 0. The molecule has 0 aliphatic heterocycles. The van der Waals surface area contributed by atoms with E-state index in [1.165, 1.54) is 0 Å². The number of benzene rings is 4. The van der Waals surface area contributed by atoms with Crippen LogP contribution in [0, 0.1) is 0 Å². The second kappa shape index (κ2) is 9.74. The molecule has 0 aliphatic carbocycles. The highest BCUT2D eigenvalue weighted by Crippen LogP contribution is 2.19. The summed E-state index contributed by atoms with van der Waals surface area (Å²) in [6.07, 6.45) is -1.64. The van der Waals surface area contributed by atoms with Gasteiger partial charge >= 0.3 is 0 Å². The molecule has 4 rings (SSSR count). The molecule has 5 heteroatoms. The lowest BCUT2D eigenvalue weighted by Crippen LogP contribution is -2.74. The van der Waals surface area contributed by atoms with Gasteiger partial charge < -0.3 is 18.9 Å². The minimum absolute atomic E-state index is 0.799. The molecule has 0 spiro atoms. The maximum atomic E-state index is 5.63. The van der Waals surface area contributed by atoms with Gasteiger partial charge in [0.25, 0.3) is 0 Å². The second-order valence-electron chi connectivity index (χ2n) is 7.97. The summed E-state index contributed by atoms with van der Waals surface area (Å²) in [4.78, 5) is 0. The molecule has 0 aromatic heterocycles. The van der Waals surface area contributed by atoms with Crippen molar-refractivity contribution in [3.8, 4) is 23.0 Å². The highest BCUT2D eigenvalue weighted by molar-refractivity contribution is 7.20. The third kappa shape index (κ3) is 4.14. The Kier molecular flexibility index (Phi) is 6.59. The van der Waals surface area contributed by atoms with E-state index < -0.39 is 6.15 Å². The number of hydrogen-bond acceptors (Lipinski definition) is 4. The fourth-order valence-corrected chi connectivity index (χ4v) is 4.80. The Bertz CT molecular complexity index is 1040. The molecule has 0 bridgehead atoms. The first-order chi connectivity index (χ1) is 16.1. The van der Waals surface area contributed by atoms with Crippen LogP contribution in [0.15, 0.2) is 97.1 Å². The lowest BCUT2D eigenvalue weighted by atomic mass is 9.13. The maximum absolute atomic E-state index is 5.63. The minimum atomic E-state index is -1.64. The molecule has 4 aromatic rings. The van der Waals surface area contributed by atoms with Crippen LogP contribution in [0.1, 0.15) is 0 Å². The zero-order chi connectivity index (χ0) is 23.3. The lowest BCUT2D eigenvalue weighted by molar-refractivity contribution is 0.415. The van der Waals surface area contributed by atoms with Crippen LogP contribution in [-0.2, 0) is 0 Å². The Hall–Kier alpha value is -3.86. The smallest absolute Gasteiger partial charge is 0.115 e. The van der Waals surface area contributed by atoms with Gasteiger partial charge in [0, 0.05) is 0 Å². The van der Waals surface area contributed by atoms with Crippen LogP contribution in [0.3, 0.4) is 0 Å². The fraction of sp³-hybridized carbons (Fsp3) is 0.143. The van der Waals surface area contributed by atoms with Crippen molar-refractivity contribution in [2.75, 3.05) is 28.4 Å². The van der Waals surface area contributed by atoms with E-state index in [2.05, 4.69) is 48.5 Å². The largest absolute Gasteiger partial charge is 0.497 e. The molecule has 0 saturated carbocycles. The van der Waals surface area contributed by atoms with Crippen LogP contribution in [-0.4, -0.2) is 34.6 Å². The van der Waals surface area contributed by atoms with Gasteiger partial charge in [-0.2, -0.15) is 21.9 Å². The van der Waals surface area contributed by atoms with Gasteiger partial charge in [-0.15, -0.1) is 0 Å². The van der Waals surface area contributed by atoms with Crippen LogP contribution in [0.4, 0.5) is 0 Å². The summed E-state index contributed by atoms with van der Waals surface area (Å²) in [5.41, 5.74) is 4.46. The molecule has 0 radical (unpaired) electrons. The Morgan fingerprint density at radius 3 is 0.848 bits per heavy atom. The van der Waals surface area contributed by atoms with E-state index in [9.17, 15) is 0 Å². The van der Waals surface area contributed by atoms with Crippen LogP contribution in [0.2, 0.25) is 0 Å². The van der Waals surface area contributed by atoms with Crippen LogP contribution < -0.4 is 40.8 Å². The van der Waals surface area contributed by atoms with E-state index in [1.807, 2.05) is 48.5 Å². The molecule has 168 valence electrons. The monoisotopic (exact) mass is 439 g/mol. The van der Waals surface area contributed by atoms with Gasteiger partial charge in [0.15, 0.2) is 0 Å². The molecule has 0 amide bonds. The summed E-state index contributed by atoms with van der Waals surface area (Å²) < 4.78 is 22.5. The first-order valence-electron chi connectivity index (χ1n) is 10.9. The SMILES string of the molecule is COc1cccc([B-](c2cccc(OC)c2)(c2cccc(OC)c2)c2cccc(OC)c2)c1. The summed E-state index contributed by atoms with van der Waals surface area (Å²) in [6.45, 7) is 0. The molecular formula is C28H28BO4-. The van der Waals surface area contributed by atoms with E-state index in [4.69, 9.17) is 18.9 Å². The van der Waals surface area contributed by atoms with Crippen molar-refractivity contribution in [2.45, 2.75) is 0 Å². The second-order valence-corrected chi connectivity index (χ2v) is 7.97. The number of hydrogen-bond donors (Lipinski definition) is 0. The molecule has 0 heterocycles. The van der Waals surface area contributed by atoms with E-state index >= 15 is 0 Å². The first kappa shape index (κ1) is 22.3. The average Bonchev–Trinajstić information content (AvgIpc) is 2.89. The molecule has 4 aromatic carbocycles. The molecule has 0 atom stereocenters. The van der Waals surface area contributed by atoms with Crippen LogP contribution in [0.25, 0.3) is 0 Å². The van der Waals surface area contributed by atoms with Crippen molar-refractivity contribution >= 4 is 28.0 Å². The minimum Gasteiger partial charge on any atom is -0.497 e. The van der Waals surface area contributed by atoms with E-state index in [0.717, 1.165) is 44.8 Å². The quantitative estimate of drug-likeness (QED) is 0.396. The molecule has 33 heavy (non-hydrogen) atoms. The van der Waals surface area contributed by atoms with Crippen molar-refractivity contribution < 1.29 is 18.9 Å². The Labute approximate surface area is 195 Å². The fourth-order valence-electron chi connectivity index (χ4n) is 4.80. The van der Waals surface area contributed by atoms with Gasteiger partial charge in [-0.25, -0.2) is 0 Å². The van der Waals surface area contributed by atoms with Gasteiger partial charge in [0.2, 0.25) is 0 Å². The number of ether oxygens (including phenoxy) is 4. The summed E-state index contributed by atoms with van der Waals surface area (Å²) >= 11 is 0. The van der Waals surface area contributed by atoms with Crippen LogP contribution in [0.5, 0.6) is 23.0 Å². The Balaban J connectivity index is 2.17.